The zero-order chi connectivity index (χ0) is 18.8. The van der Waals surface area contributed by atoms with Crippen molar-refractivity contribution in [3.05, 3.63) is 60.2 Å². The van der Waals surface area contributed by atoms with Gasteiger partial charge in [-0.25, -0.2) is 5.01 Å². The average molecular weight is 380 g/mol. The molecule has 1 heterocycles. The van der Waals surface area contributed by atoms with Crippen LogP contribution in [0.1, 0.15) is 37.8 Å². The van der Waals surface area contributed by atoms with E-state index >= 15 is 0 Å². The highest BCUT2D eigenvalue weighted by atomic mass is 32.1. The molecule has 4 nitrogen and oxygen atoms in total. The van der Waals surface area contributed by atoms with Gasteiger partial charge in [0, 0.05) is 17.3 Å². The first-order chi connectivity index (χ1) is 13.2. The lowest BCUT2D eigenvalue weighted by Gasteiger charge is -2.31. The van der Waals surface area contributed by atoms with E-state index in [0.29, 0.717) is 16.9 Å². The number of benzene rings is 2. The third-order valence-electron chi connectivity index (χ3n) is 5.60. The summed E-state index contributed by atoms with van der Waals surface area (Å²) < 4.78 is 5.33. The smallest absolute Gasteiger partial charge is 0.194 e. The predicted molar refractivity (Wildman–Crippen MR) is 114 cm³/mol. The van der Waals surface area contributed by atoms with Crippen molar-refractivity contribution in [3.63, 3.8) is 0 Å². The molecule has 0 aromatic heterocycles. The van der Waals surface area contributed by atoms with Crippen molar-refractivity contribution in [3.8, 4) is 5.75 Å². The van der Waals surface area contributed by atoms with Crippen molar-refractivity contribution < 1.29 is 4.74 Å². The molecule has 1 fully saturated rings. The quantitative estimate of drug-likeness (QED) is 0.740. The first-order valence-electron chi connectivity index (χ1n) is 9.55. The number of hydrogen-bond donors (Lipinski definition) is 1. The number of nitrogens with one attached hydrogen (secondary N) is 1. The number of thiocarbonyl (C=S) groups is 1. The second-order valence-corrected chi connectivity index (χ2v) is 7.71. The van der Waals surface area contributed by atoms with E-state index in [1.54, 1.807) is 7.11 Å². The molecule has 1 aliphatic heterocycles. The van der Waals surface area contributed by atoms with Crippen LogP contribution in [0.3, 0.4) is 0 Å². The van der Waals surface area contributed by atoms with Gasteiger partial charge >= 0.3 is 0 Å². The third kappa shape index (κ3) is 3.56. The highest BCUT2D eigenvalue weighted by Crippen LogP contribution is 2.44. The third-order valence-corrected chi connectivity index (χ3v) is 5.88. The molecule has 5 heteroatoms. The fourth-order valence-corrected chi connectivity index (χ4v) is 4.48. The van der Waals surface area contributed by atoms with Crippen LogP contribution >= 0.6 is 12.2 Å². The lowest BCUT2D eigenvalue weighted by molar-refractivity contribution is 0.299. The van der Waals surface area contributed by atoms with Gasteiger partial charge in [-0.2, -0.15) is 5.10 Å². The highest BCUT2D eigenvalue weighted by molar-refractivity contribution is 7.80. The van der Waals surface area contributed by atoms with E-state index in [9.17, 15) is 0 Å². The standard InChI is InChI=1S/C22H25N3OS/c1-15-7-6-10-19-20(15)24-25(22(27)23-17-8-4-3-5-9-17)21(19)16-11-13-18(26-2)14-12-16/h3-5,8-9,11-15,19,21H,6-7,10H2,1-2H3,(H,23,27)/t15?,19-,21-/m1/s1. The number of hydrazone groups is 1. The summed E-state index contributed by atoms with van der Waals surface area (Å²) in [6, 6.07) is 18.5. The second-order valence-electron chi connectivity index (χ2n) is 7.32. The maximum atomic E-state index is 5.77. The number of fused-ring (bicyclic) bond motifs is 1. The van der Waals surface area contributed by atoms with Gasteiger partial charge in [-0.05, 0) is 60.8 Å². The van der Waals surface area contributed by atoms with Crippen molar-refractivity contribution in [1.82, 2.24) is 5.01 Å². The predicted octanol–water partition coefficient (Wildman–Crippen LogP) is 5.24. The molecule has 0 saturated heterocycles. The first-order valence-corrected chi connectivity index (χ1v) is 9.96. The molecule has 1 N–H and O–H groups in total. The van der Waals surface area contributed by atoms with Crippen LogP contribution in [0.2, 0.25) is 0 Å². The fraction of sp³-hybridized carbons (Fsp3) is 0.364. The molecule has 0 bridgehead atoms. The van der Waals surface area contributed by atoms with Gasteiger partial charge in [-0.15, -0.1) is 0 Å². The summed E-state index contributed by atoms with van der Waals surface area (Å²) in [5, 5.41) is 11.0. The maximum Gasteiger partial charge on any atom is 0.194 e. The van der Waals surface area contributed by atoms with Gasteiger partial charge < -0.3 is 10.1 Å². The van der Waals surface area contributed by atoms with E-state index in [-0.39, 0.29) is 6.04 Å². The van der Waals surface area contributed by atoms with Crippen molar-refractivity contribution in [2.75, 3.05) is 12.4 Å². The molecule has 2 aromatic rings. The molecule has 27 heavy (non-hydrogen) atoms. The van der Waals surface area contributed by atoms with Gasteiger partial charge in [0.05, 0.1) is 13.2 Å². The Labute approximate surface area is 166 Å². The van der Waals surface area contributed by atoms with Crippen molar-refractivity contribution in [1.29, 1.82) is 0 Å². The van der Waals surface area contributed by atoms with Gasteiger partial charge in [0.1, 0.15) is 5.75 Å². The molecule has 1 unspecified atom stereocenters. The topological polar surface area (TPSA) is 36.9 Å². The van der Waals surface area contributed by atoms with Crippen LogP contribution < -0.4 is 10.1 Å². The van der Waals surface area contributed by atoms with E-state index < -0.39 is 0 Å². The molecule has 3 atom stereocenters. The number of hydrogen-bond acceptors (Lipinski definition) is 3. The number of anilines is 1. The van der Waals surface area contributed by atoms with Crippen LogP contribution in [0, 0.1) is 11.8 Å². The van der Waals surface area contributed by atoms with Gasteiger partial charge in [0.25, 0.3) is 0 Å². The van der Waals surface area contributed by atoms with Gasteiger partial charge in [0.2, 0.25) is 0 Å². The number of rotatable bonds is 3. The number of para-hydroxylation sites is 1. The Balaban J connectivity index is 1.66. The minimum absolute atomic E-state index is 0.136. The summed E-state index contributed by atoms with van der Waals surface area (Å²) in [6.07, 6.45) is 3.60. The lowest BCUT2D eigenvalue weighted by atomic mass is 9.76. The number of nitrogens with zero attached hydrogens (tertiary/aromatic N) is 2. The SMILES string of the molecule is COc1ccc([C@@H]2[C@@H]3CCCC(C)C3=NN2C(=S)Nc2ccccc2)cc1. The van der Waals surface area contributed by atoms with Crippen molar-refractivity contribution in [2.24, 2.45) is 16.9 Å². The molecule has 0 amide bonds. The van der Waals surface area contributed by atoms with Gasteiger partial charge in [-0.3, -0.25) is 0 Å². The summed E-state index contributed by atoms with van der Waals surface area (Å²) in [5.41, 5.74) is 3.50. The molecular formula is C22H25N3OS. The summed E-state index contributed by atoms with van der Waals surface area (Å²) in [4.78, 5) is 0. The van der Waals surface area contributed by atoms with Crippen LogP contribution in [0.5, 0.6) is 5.75 Å². The minimum Gasteiger partial charge on any atom is -0.497 e. The molecular weight excluding hydrogens is 354 g/mol. The average Bonchev–Trinajstić information content (AvgIpc) is 3.10. The van der Waals surface area contributed by atoms with E-state index in [4.69, 9.17) is 22.1 Å². The molecule has 1 aliphatic carbocycles. The molecule has 1 saturated carbocycles. The minimum atomic E-state index is 0.136. The molecule has 2 aromatic carbocycles. The van der Waals surface area contributed by atoms with E-state index in [1.165, 1.54) is 24.1 Å². The van der Waals surface area contributed by atoms with Crippen LogP contribution in [0.15, 0.2) is 59.7 Å². The highest BCUT2D eigenvalue weighted by Gasteiger charge is 2.43. The van der Waals surface area contributed by atoms with Gasteiger partial charge in [-0.1, -0.05) is 43.7 Å². The van der Waals surface area contributed by atoms with Crippen molar-refractivity contribution in [2.45, 2.75) is 32.2 Å². The molecule has 0 spiro atoms. The van der Waals surface area contributed by atoms with E-state index in [1.807, 2.05) is 47.5 Å². The van der Waals surface area contributed by atoms with Crippen LogP contribution in [-0.2, 0) is 0 Å². The zero-order valence-corrected chi connectivity index (χ0v) is 16.6. The molecule has 4 rings (SSSR count). The van der Waals surface area contributed by atoms with E-state index in [0.717, 1.165) is 17.9 Å². The number of methoxy groups -OCH3 is 1. The normalized spacial score (nSPS) is 24.1. The lowest BCUT2D eigenvalue weighted by Crippen LogP contribution is -2.35. The Bertz CT molecular complexity index is 834. The van der Waals surface area contributed by atoms with Crippen LogP contribution in [0.25, 0.3) is 0 Å². The summed E-state index contributed by atoms with van der Waals surface area (Å²) in [6.45, 7) is 2.28. The molecule has 140 valence electrons. The summed E-state index contributed by atoms with van der Waals surface area (Å²) in [7, 11) is 1.69. The number of ether oxygens (including phenoxy) is 1. The summed E-state index contributed by atoms with van der Waals surface area (Å²) >= 11 is 5.77. The summed E-state index contributed by atoms with van der Waals surface area (Å²) in [5.74, 6) is 1.79. The Morgan fingerprint density at radius 2 is 1.85 bits per heavy atom. The molecule has 2 aliphatic rings. The van der Waals surface area contributed by atoms with Crippen LogP contribution in [-0.4, -0.2) is 22.9 Å². The monoisotopic (exact) mass is 379 g/mol. The second kappa shape index (κ2) is 7.69. The Hall–Kier alpha value is -2.40. The molecule has 0 radical (unpaired) electrons. The Morgan fingerprint density at radius 3 is 2.56 bits per heavy atom. The zero-order valence-electron chi connectivity index (χ0n) is 15.8. The van der Waals surface area contributed by atoms with Crippen molar-refractivity contribution >= 4 is 28.7 Å². The fourth-order valence-electron chi connectivity index (χ4n) is 4.20. The Morgan fingerprint density at radius 1 is 1.11 bits per heavy atom. The maximum absolute atomic E-state index is 5.77. The first kappa shape index (κ1) is 18.0. The van der Waals surface area contributed by atoms with Gasteiger partial charge in [0.15, 0.2) is 5.11 Å². The largest absolute Gasteiger partial charge is 0.497 e. The van der Waals surface area contributed by atoms with Crippen LogP contribution in [0.4, 0.5) is 5.69 Å². The Kier molecular flexibility index (Phi) is 5.12. The van der Waals surface area contributed by atoms with E-state index in [2.05, 4.69) is 24.4 Å².